The number of hydrogen-bond acceptors (Lipinski definition) is 4. The summed E-state index contributed by atoms with van der Waals surface area (Å²) in [5.41, 5.74) is 6.07. The lowest BCUT2D eigenvalue weighted by Crippen LogP contribution is -2.29. The SMILES string of the molecule is COc1ccccc1COC(=O)NCCN. The first-order valence-corrected chi connectivity index (χ1v) is 5.00. The number of carbonyl (C=O) groups is 1. The molecule has 0 radical (unpaired) electrons. The fraction of sp³-hybridized carbons (Fsp3) is 0.364. The van der Waals surface area contributed by atoms with Crippen molar-refractivity contribution in [1.82, 2.24) is 5.32 Å². The summed E-state index contributed by atoms with van der Waals surface area (Å²) in [7, 11) is 1.58. The van der Waals surface area contributed by atoms with Gasteiger partial charge in [0.25, 0.3) is 0 Å². The molecule has 1 aromatic rings. The van der Waals surface area contributed by atoms with Gasteiger partial charge in [0.1, 0.15) is 12.4 Å². The van der Waals surface area contributed by atoms with E-state index >= 15 is 0 Å². The molecule has 0 spiro atoms. The van der Waals surface area contributed by atoms with Gasteiger partial charge in [0.05, 0.1) is 7.11 Å². The maximum absolute atomic E-state index is 11.1. The average Bonchev–Trinajstić information content (AvgIpc) is 2.34. The summed E-state index contributed by atoms with van der Waals surface area (Å²) in [6.45, 7) is 0.981. The van der Waals surface area contributed by atoms with E-state index in [1.54, 1.807) is 7.11 Å². The van der Waals surface area contributed by atoms with E-state index in [0.29, 0.717) is 18.8 Å². The van der Waals surface area contributed by atoms with Crippen molar-refractivity contribution in [2.45, 2.75) is 6.61 Å². The standard InChI is InChI=1S/C11H16N2O3/c1-15-10-5-3-2-4-9(10)8-16-11(14)13-7-6-12/h2-5H,6-8,12H2,1H3,(H,13,14). The van der Waals surface area contributed by atoms with Crippen LogP contribution in [0.3, 0.4) is 0 Å². The molecular weight excluding hydrogens is 208 g/mol. The van der Waals surface area contributed by atoms with Crippen molar-refractivity contribution in [3.63, 3.8) is 0 Å². The van der Waals surface area contributed by atoms with Crippen LogP contribution in [0.4, 0.5) is 4.79 Å². The molecule has 1 rings (SSSR count). The van der Waals surface area contributed by atoms with Crippen molar-refractivity contribution in [1.29, 1.82) is 0 Å². The molecule has 0 aliphatic heterocycles. The lowest BCUT2D eigenvalue weighted by atomic mass is 10.2. The zero-order chi connectivity index (χ0) is 11.8. The molecule has 5 heteroatoms. The van der Waals surface area contributed by atoms with E-state index in [-0.39, 0.29) is 6.61 Å². The third-order valence-electron chi connectivity index (χ3n) is 1.96. The lowest BCUT2D eigenvalue weighted by Gasteiger charge is -2.09. The van der Waals surface area contributed by atoms with Crippen molar-refractivity contribution < 1.29 is 14.3 Å². The molecule has 0 heterocycles. The number of ether oxygens (including phenoxy) is 2. The van der Waals surface area contributed by atoms with E-state index in [1.165, 1.54) is 0 Å². The normalized spacial score (nSPS) is 9.62. The first-order valence-electron chi connectivity index (χ1n) is 5.00. The Balaban J connectivity index is 2.44. The van der Waals surface area contributed by atoms with Gasteiger partial charge in [-0.3, -0.25) is 0 Å². The van der Waals surface area contributed by atoms with Crippen LogP contribution in [0.1, 0.15) is 5.56 Å². The molecule has 0 aliphatic carbocycles. The van der Waals surface area contributed by atoms with Crippen molar-refractivity contribution in [3.05, 3.63) is 29.8 Å². The van der Waals surface area contributed by atoms with Crippen LogP contribution in [0.5, 0.6) is 5.75 Å². The third-order valence-corrected chi connectivity index (χ3v) is 1.96. The highest BCUT2D eigenvalue weighted by molar-refractivity contribution is 5.67. The molecule has 0 bridgehead atoms. The average molecular weight is 224 g/mol. The number of carbonyl (C=O) groups excluding carboxylic acids is 1. The quantitative estimate of drug-likeness (QED) is 0.778. The van der Waals surface area contributed by atoms with Crippen LogP contribution >= 0.6 is 0 Å². The monoisotopic (exact) mass is 224 g/mol. The topological polar surface area (TPSA) is 73.6 Å². The highest BCUT2D eigenvalue weighted by Gasteiger charge is 2.05. The van der Waals surface area contributed by atoms with E-state index in [1.807, 2.05) is 24.3 Å². The van der Waals surface area contributed by atoms with Crippen LogP contribution in [0.2, 0.25) is 0 Å². The third kappa shape index (κ3) is 3.78. The largest absolute Gasteiger partial charge is 0.496 e. The van der Waals surface area contributed by atoms with Gasteiger partial charge in [-0.2, -0.15) is 0 Å². The number of methoxy groups -OCH3 is 1. The van der Waals surface area contributed by atoms with Crippen LogP contribution in [-0.4, -0.2) is 26.3 Å². The van der Waals surface area contributed by atoms with Gasteiger partial charge in [0, 0.05) is 18.7 Å². The number of hydrogen-bond donors (Lipinski definition) is 2. The molecule has 0 fully saturated rings. The number of nitrogens with one attached hydrogen (secondary N) is 1. The lowest BCUT2D eigenvalue weighted by molar-refractivity contribution is 0.139. The van der Waals surface area contributed by atoms with Gasteiger partial charge >= 0.3 is 6.09 Å². The number of amides is 1. The minimum absolute atomic E-state index is 0.181. The summed E-state index contributed by atoms with van der Waals surface area (Å²) in [5.74, 6) is 0.703. The first kappa shape index (κ1) is 12.3. The second kappa shape index (κ2) is 6.68. The molecule has 0 unspecified atom stereocenters. The Morgan fingerprint density at radius 2 is 2.19 bits per heavy atom. The van der Waals surface area contributed by atoms with E-state index in [0.717, 1.165) is 5.56 Å². The van der Waals surface area contributed by atoms with Crippen molar-refractivity contribution in [3.8, 4) is 5.75 Å². The predicted molar refractivity (Wildman–Crippen MR) is 60.2 cm³/mol. The summed E-state index contributed by atoms with van der Waals surface area (Å²) in [6.07, 6.45) is -0.476. The van der Waals surface area contributed by atoms with Crippen LogP contribution in [0, 0.1) is 0 Å². The Labute approximate surface area is 94.5 Å². The van der Waals surface area contributed by atoms with Crippen LogP contribution in [-0.2, 0) is 11.3 Å². The minimum Gasteiger partial charge on any atom is -0.496 e. The number of alkyl carbamates (subject to hydrolysis) is 1. The summed E-state index contributed by atoms with van der Waals surface area (Å²) >= 11 is 0. The minimum atomic E-state index is -0.476. The summed E-state index contributed by atoms with van der Waals surface area (Å²) in [4.78, 5) is 11.1. The van der Waals surface area contributed by atoms with Gasteiger partial charge in [0.15, 0.2) is 0 Å². The molecular formula is C11H16N2O3. The van der Waals surface area contributed by atoms with E-state index in [2.05, 4.69) is 5.32 Å². The Bertz CT molecular complexity index is 342. The van der Waals surface area contributed by atoms with Crippen LogP contribution in [0.15, 0.2) is 24.3 Å². The second-order valence-corrected chi connectivity index (χ2v) is 3.10. The molecule has 0 aromatic heterocycles. The van der Waals surface area contributed by atoms with Gasteiger partial charge in [-0.25, -0.2) is 4.79 Å². The van der Waals surface area contributed by atoms with E-state index in [9.17, 15) is 4.79 Å². The van der Waals surface area contributed by atoms with Crippen LogP contribution < -0.4 is 15.8 Å². The van der Waals surface area contributed by atoms with Crippen molar-refractivity contribution >= 4 is 6.09 Å². The molecule has 0 aliphatic rings. The Morgan fingerprint density at radius 1 is 1.44 bits per heavy atom. The van der Waals surface area contributed by atoms with E-state index < -0.39 is 6.09 Å². The van der Waals surface area contributed by atoms with Gasteiger partial charge in [-0.05, 0) is 6.07 Å². The van der Waals surface area contributed by atoms with E-state index in [4.69, 9.17) is 15.2 Å². The van der Waals surface area contributed by atoms with Crippen molar-refractivity contribution in [2.24, 2.45) is 5.73 Å². The molecule has 16 heavy (non-hydrogen) atoms. The Kier molecular flexibility index (Phi) is 5.15. The number of benzene rings is 1. The van der Waals surface area contributed by atoms with Gasteiger partial charge in [0.2, 0.25) is 0 Å². The highest BCUT2D eigenvalue weighted by atomic mass is 16.5. The molecule has 0 saturated carbocycles. The highest BCUT2D eigenvalue weighted by Crippen LogP contribution is 2.17. The number of para-hydroxylation sites is 1. The number of rotatable bonds is 5. The van der Waals surface area contributed by atoms with Gasteiger partial charge < -0.3 is 20.5 Å². The van der Waals surface area contributed by atoms with Gasteiger partial charge in [-0.15, -0.1) is 0 Å². The molecule has 3 N–H and O–H groups in total. The number of nitrogens with two attached hydrogens (primary N) is 1. The fourth-order valence-electron chi connectivity index (χ4n) is 1.19. The maximum Gasteiger partial charge on any atom is 0.407 e. The Morgan fingerprint density at radius 3 is 2.88 bits per heavy atom. The summed E-state index contributed by atoms with van der Waals surface area (Å²) in [6, 6.07) is 7.38. The first-order chi connectivity index (χ1) is 7.77. The predicted octanol–water partition coefficient (Wildman–Crippen LogP) is 0.880. The smallest absolute Gasteiger partial charge is 0.407 e. The Hall–Kier alpha value is -1.75. The van der Waals surface area contributed by atoms with Gasteiger partial charge in [-0.1, -0.05) is 18.2 Å². The molecule has 0 atom stereocenters. The molecule has 5 nitrogen and oxygen atoms in total. The second-order valence-electron chi connectivity index (χ2n) is 3.10. The molecule has 88 valence electrons. The summed E-state index contributed by atoms with van der Waals surface area (Å²) < 4.78 is 10.1. The fourth-order valence-corrected chi connectivity index (χ4v) is 1.19. The molecule has 1 aromatic carbocycles. The molecule has 1 amide bonds. The van der Waals surface area contributed by atoms with Crippen molar-refractivity contribution in [2.75, 3.05) is 20.2 Å². The zero-order valence-corrected chi connectivity index (χ0v) is 9.23. The molecule has 0 saturated heterocycles. The zero-order valence-electron chi connectivity index (χ0n) is 9.23. The summed E-state index contributed by atoms with van der Waals surface area (Å²) in [5, 5.41) is 2.51. The maximum atomic E-state index is 11.1. The van der Waals surface area contributed by atoms with Crippen LogP contribution in [0.25, 0.3) is 0 Å².